The van der Waals surface area contributed by atoms with Crippen molar-refractivity contribution in [2.45, 2.75) is 27.2 Å². The van der Waals surface area contributed by atoms with Crippen molar-refractivity contribution in [3.63, 3.8) is 0 Å². The second-order valence-corrected chi connectivity index (χ2v) is 6.22. The number of hydrogen-bond donors (Lipinski definition) is 1. The van der Waals surface area contributed by atoms with Gasteiger partial charge in [0.1, 0.15) is 6.54 Å². The molecule has 0 radical (unpaired) electrons. The zero-order chi connectivity index (χ0) is 15.1. The van der Waals surface area contributed by atoms with E-state index in [1.807, 2.05) is 20.8 Å². The van der Waals surface area contributed by atoms with Crippen LogP contribution in [0.2, 0.25) is 0 Å². The standard InChI is InChI=1S/C14H21N3O2S/c1-5-6-17(13(19)7-10(2)3)9-12(18)16-14-15-8-11(4)20-14/h5,8,10H,1,6-7,9H2,2-4H3,(H,15,16,18). The molecule has 5 nitrogen and oxygen atoms in total. The van der Waals surface area contributed by atoms with E-state index in [2.05, 4.69) is 16.9 Å². The third-order valence-corrected chi connectivity index (χ3v) is 3.32. The average molecular weight is 295 g/mol. The molecule has 1 heterocycles. The number of rotatable bonds is 7. The maximum Gasteiger partial charge on any atom is 0.245 e. The number of amides is 2. The molecule has 0 aliphatic carbocycles. The molecule has 2 amide bonds. The largest absolute Gasteiger partial charge is 0.330 e. The zero-order valence-electron chi connectivity index (χ0n) is 12.2. The fourth-order valence-electron chi connectivity index (χ4n) is 1.63. The van der Waals surface area contributed by atoms with Crippen molar-refractivity contribution >= 4 is 28.3 Å². The molecule has 0 aliphatic rings. The number of aryl methyl sites for hydroxylation is 1. The zero-order valence-corrected chi connectivity index (χ0v) is 13.0. The number of carbonyl (C=O) groups excluding carboxylic acids is 2. The summed E-state index contributed by atoms with van der Waals surface area (Å²) in [6, 6.07) is 0. The molecule has 1 aromatic heterocycles. The van der Waals surface area contributed by atoms with Gasteiger partial charge in [-0.3, -0.25) is 9.59 Å². The fraction of sp³-hybridized carbons (Fsp3) is 0.500. The number of thiazole rings is 1. The average Bonchev–Trinajstić information content (AvgIpc) is 2.73. The van der Waals surface area contributed by atoms with Gasteiger partial charge in [-0.2, -0.15) is 0 Å². The number of anilines is 1. The number of carbonyl (C=O) groups is 2. The van der Waals surface area contributed by atoms with Gasteiger partial charge in [-0.15, -0.1) is 17.9 Å². The molecule has 1 N–H and O–H groups in total. The highest BCUT2D eigenvalue weighted by molar-refractivity contribution is 7.15. The van der Waals surface area contributed by atoms with Crippen LogP contribution in [-0.4, -0.2) is 34.8 Å². The molecule has 0 saturated carbocycles. The second kappa shape index (κ2) is 7.79. The van der Waals surface area contributed by atoms with Crippen LogP contribution in [0.3, 0.4) is 0 Å². The Kier molecular flexibility index (Phi) is 6.38. The predicted octanol–water partition coefficient (Wildman–Crippen LogP) is 2.45. The Bertz CT molecular complexity index is 483. The first-order valence-corrected chi connectivity index (χ1v) is 7.35. The minimum atomic E-state index is -0.238. The van der Waals surface area contributed by atoms with Gasteiger partial charge in [-0.1, -0.05) is 19.9 Å². The number of nitrogens with one attached hydrogen (secondary N) is 1. The highest BCUT2D eigenvalue weighted by Gasteiger charge is 2.17. The van der Waals surface area contributed by atoms with E-state index in [0.717, 1.165) is 4.88 Å². The van der Waals surface area contributed by atoms with Crippen molar-refractivity contribution in [2.75, 3.05) is 18.4 Å². The van der Waals surface area contributed by atoms with Gasteiger partial charge in [0.2, 0.25) is 11.8 Å². The molecule has 0 aliphatic heterocycles. The first-order valence-electron chi connectivity index (χ1n) is 6.53. The monoisotopic (exact) mass is 295 g/mol. The molecule has 6 heteroatoms. The second-order valence-electron chi connectivity index (χ2n) is 4.99. The van der Waals surface area contributed by atoms with Crippen LogP contribution < -0.4 is 5.32 Å². The van der Waals surface area contributed by atoms with Gasteiger partial charge in [0.05, 0.1) is 0 Å². The van der Waals surface area contributed by atoms with Crippen molar-refractivity contribution < 1.29 is 9.59 Å². The van der Waals surface area contributed by atoms with Crippen LogP contribution in [-0.2, 0) is 9.59 Å². The van der Waals surface area contributed by atoms with Crippen LogP contribution in [0.15, 0.2) is 18.9 Å². The quantitative estimate of drug-likeness (QED) is 0.786. The molecule has 0 fully saturated rings. The first-order chi connectivity index (χ1) is 9.42. The SMILES string of the molecule is C=CCN(CC(=O)Nc1ncc(C)s1)C(=O)CC(C)C. The topological polar surface area (TPSA) is 62.3 Å². The Morgan fingerprint density at radius 3 is 2.75 bits per heavy atom. The molecular formula is C14H21N3O2S. The molecule has 0 saturated heterocycles. The third kappa shape index (κ3) is 5.52. The van der Waals surface area contributed by atoms with Crippen molar-refractivity contribution in [3.05, 3.63) is 23.7 Å². The highest BCUT2D eigenvalue weighted by Crippen LogP contribution is 2.16. The van der Waals surface area contributed by atoms with Gasteiger partial charge in [0.25, 0.3) is 0 Å². The van der Waals surface area contributed by atoms with Gasteiger partial charge >= 0.3 is 0 Å². The van der Waals surface area contributed by atoms with Crippen LogP contribution in [0.4, 0.5) is 5.13 Å². The molecular weight excluding hydrogens is 274 g/mol. The van der Waals surface area contributed by atoms with E-state index in [9.17, 15) is 9.59 Å². The molecule has 0 aromatic carbocycles. The van der Waals surface area contributed by atoms with Crippen molar-refractivity contribution in [1.29, 1.82) is 0 Å². The minimum absolute atomic E-state index is 0.0240. The summed E-state index contributed by atoms with van der Waals surface area (Å²) in [6.45, 7) is 9.89. The summed E-state index contributed by atoms with van der Waals surface area (Å²) in [5.41, 5.74) is 0. The Morgan fingerprint density at radius 2 is 2.25 bits per heavy atom. The van der Waals surface area contributed by atoms with Crippen LogP contribution in [0.5, 0.6) is 0 Å². The lowest BCUT2D eigenvalue weighted by molar-refractivity contribution is -0.134. The first kappa shape index (κ1) is 16.4. The molecule has 20 heavy (non-hydrogen) atoms. The van der Waals surface area contributed by atoms with E-state index < -0.39 is 0 Å². The molecule has 0 bridgehead atoms. The minimum Gasteiger partial charge on any atom is -0.330 e. The van der Waals surface area contributed by atoms with Crippen LogP contribution in [0, 0.1) is 12.8 Å². The van der Waals surface area contributed by atoms with E-state index >= 15 is 0 Å². The molecule has 0 spiro atoms. The van der Waals surface area contributed by atoms with E-state index in [1.54, 1.807) is 12.3 Å². The van der Waals surface area contributed by atoms with E-state index in [0.29, 0.717) is 18.1 Å². The summed E-state index contributed by atoms with van der Waals surface area (Å²) >= 11 is 1.41. The van der Waals surface area contributed by atoms with Crippen molar-refractivity contribution in [1.82, 2.24) is 9.88 Å². The third-order valence-electron chi connectivity index (χ3n) is 2.49. The maximum absolute atomic E-state index is 12.0. The summed E-state index contributed by atoms with van der Waals surface area (Å²) < 4.78 is 0. The van der Waals surface area contributed by atoms with Crippen LogP contribution in [0.1, 0.15) is 25.1 Å². The normalized spacial score (nSPS) is 10.4. The number of nitrogens with zero attached hydrogens (tertiary/aromatic N) is 2. The van der Waals surface area contributed by atoms with Crippen LogP contribution >= 0.6 is 11.3 Å². The lowest BCUT2D eigenvalue weighted by Crippen LogP contribution is -2.38. The fourth-order valence-corrected chi connectivity index (χ4v) is 2.31. The lowest BCUT2D eigenvalue weighted by atomic mass is 10.1. The lowest BCUT2D eigenvalue weighted by Gasteiger charge is -2.21. The summed E-state index contributed by atoms with van der Waals surface area (Å²) in [5.74, 6) is -0.0110. The van der Waals surface area contributed by atoms with E-state index in [1.165, 1.54) is 16.2 Å². The van der Waals surface area contributed by atoms with Gasteiger partial charge < -0.3 is 10.2 Å². The van der Waals surface area contributed by atoms with Crippen molar-refractivity contribution in [3.8, 4) is 0 Å². The Hall–Kier alpha value is -1.69. The van der Waals surface area contributed by atoms with E-state index in [-0.39, 0.29) is 24.3 Å². The van der Waals surface area contributed by atoms with Gasteiger partial charge in [-0.05, 0) is 12.8 Å². The van der Waals surface area contributed by atoms with Gasteiger partial charge in [-0.25, -0.2) is 4.98 Å². The molecule has 110 valence electrons. The highest BCUT2D eigenvalue weighted by atomic mass is 32.1. The number of hydrogen-bond acceptors (Lipinski definition) is 4. The van der Waals surface area contributed by atoms with E-state index in [4.69, 9.17) is 0 Å². The van der Waals surface area contributed by atoms with Gasteiger partial charge in [0.15, 0.2) is 5.13 Å². The summed E-state index contributed by atoms with van der Waals surface area (Å²) in [6.07, 6.45) is 3.75. The Balaban J connectivity index is 2.58. The van der Waals surface area contributed by atoms with Crippen molar-refractivity contribution in [2.24, 2.45) is 5.92 Å². The summed E-state index contributed by atoms with van der Waals surface area (Å²) in [4.78, 5) is 30.5. The molecule has 0 atom stereocenters. The predicted molar refractivity (Wildman–Crippen MR) is 81.7 cm³/mol. The Morgan fingerprint density at radius 1 is 1.55 bits per heavy atom. The summed E-state index contributed by atoms with van der Waals surface area (Å²) in [7, 11) is 0. The Labute approximate surface area is 123 Å². The molecule has 1 rings (SSSR count). The van der Waals surface area contributed by atoms with Gasteiger partial charge in [0, 0.05) is 24.0 Å². The molecule has 0 unspecified atom stereocenters. The molecule has 1 aromatic rings. The number of aromatic nitrogens is 1. The summed E-state index contributed by atoms with van der Waals surface area (Å²) in [5, 5.41) is 3.26. The smallest absolute Gasteiger partial charge is 0.245 e. The van der Waals surface area contributed by atoms with Crippen LogP contribution in [0.25, 0.3) is 0 Å². The maximum atomic E-state index is 12.0.